The molecule has 116 valence electrons. The summed E-state index contributed by atoms with van der Waals surface area (Å²) in [5.74, 6) is 2.40. The molecule has 1 aliphatic heterocycles. The molecule has 1 amide bonds. The van der Waals surface area contributed by atoms with Crippen LogP contribution in [0.4, 0.5) is 0 Å². The van der Waals surface area contributed by atoms with E-state index in [-0.39, 0.29) is 5.91 Å². The predicted octanol–water partition coefficient (Wildman–Crippen LogP) is 1.89. The average Bonchev–Trinajstić information content (AvgIpc) is 2.92. The van der Waals surface area contributed by atoms with Gasteiger partial charge in [-0.25, -0.2) is 9.97 Å². The molecule has 0 N–H and O–H groups in total. The normalized spacial score (nSPS) is 21.5. The van der Waals surface area contributed by atoms with Crippen LogP contribution in [0.25, 0.3) is 0 Å². The Morgan fingerprint density at radius 3 is 2.77 bits per heavy atom. The molecule has 1 saturated heterocycles. The summed E-state index contributed by atoms with van der Waals surface area (Å²) in [5, 5.41) is 0. The van der Waals surface area contributed by atoms with Gasteiger partial charge < -0.3 is 14.0 Å². The molecule has 22 heavy (non-hydrogen) atoms. The molecule has 6 heteroatoms. The maximum atomic E-state index is 12.6. The van der Waals surface area contributed by atoms with Crippen LogP contribution in [0.15, 0.2) is 18.6 Å². The van der Waals surface area contributed by atoms with Crippen LogP contribution >= 0.6 is 0 Å². The molecule has 3 heterocycles. The highest BCUT2D eigenvalue weighted by molar-refractivity contribution is 5.91. The molecular weight excluding hydrogens is 278 g/mol. The third-order valence-electron chi connectivity index (χ3n) is 4.78. The van der Waals surface area contributed by atoms with Crippen molar-refractivity contribution in [2.75, 3.05) is 13.1 Å². The number of carbonyl (C=O) groups is 1. The van der Waals surface area contributed by atoms with E-state index in [4.69, 9.17) is 0 Å². The number of likely N-dealkylation sites (tertiary alicyclic amines) is 1. The van der Waals surface area contributed by atoms with Gasteiger partial charge >= 0.3 is 0 Å². The van der Waals surface area contributed by atoms with Crippen LogP contribution < -0.4 is 0 Å². The Bertz CT molecular complexity index is 712. The van der Waals surface area contributed by atoms with Crippen molar-refractivity contribution >= 4 is 5.91 Å². The van der Waals surface area contributed by atoms with E-state index in [1.165, 1.54) is 24.4 Å². The third kappa shape index (κ3) is 2.14. The van der Waals surface area contributed by atoms with E-state index in [1.54, 1.807) is 10.8 Å². The monoisotopic (exact) mass is 299 g/mol. The summed E-state index contributed by atoms with van der Waals surface area (Å²) in [6.07, 6.45) is 8.94. The van der Waals surface area contributed by atoms with Gasteiger partial charge in [0.15, 0.2) is 5.82 Å². The van der Waals surface area contributed by atoms with Gasteiger partial charge in [0.2, 0.25) is 0 Å². The van der Waals surface area contributed by atoms with Crippen molar-refractivity contribution in [2.24, 2.45) is 7.05 Å². The largest absolute Gasteiger partial charge is 0.334 e. The van der Waals surface area contributed by atoms with E-state index in [0.717, 1.165) is 19.5 Å². The van der Waals surface area contributed by atoms with Gasteiger partial charge in [-0.3, -0.25) is 4.79 Å². The molecule has 2 aromatic rings. The zero-order valence-corrected chi connectivity index (χ0v) is 13.1. The number of rotatable bonds is 3. The summed E-state index contributed by atoms with van der Waals surface area (Å²) in [4.78, 5) is 23.3. The molecule has 1 aliphatic carbocycles. The maximum Gasteiger partial charge on any atom is 0.289 e. The van der Waals surface area contributed by atoms with Gasteiger partial charge in [0.25, 0.3) is 5.91 Å². The Labute approximate surface area is 129 Å². The second kappa shape index (κ2) is 4.97. The average molecular weight is 299 g/mol. The summed E-state index contributed by atoms with van der Waals surface area (Å²) in [6.45, 7) is 3.66. The van der Waals surface area contributed by atoms with Crippen LogP contribution in [-0.4, -0.2) is 43.0 Å². The molecule has 0 radical (unpaired) electrons. The molecule has 1 saturated carbocycles. The minimum Gasteiger partial charge on any atom is -0.334 e. The Kier molecular flexibility index (Phi) is 3.06. The summed E-state index contributed by atoms with van der Waals surface area (Å²) in [6, 6.07) is 0.349. The first-order valence-corrected chi connectivity index (χ1v) is 7.95. The standard InChI is InChI=1S/C16H21N5O/c1-11-9-18-14(12-3-4-12)21(11)13-5-7-20(10-13)16(22)15-17-6-8-19(15)2/h6,8-9,12-13H,3-5,7,10H2,1-2H3. The first-order valence-electron chi connectivity index (χ1n) is 7.95. The molecule has 0 bridgehead atoms. The Balaban J connectivity index is 1.54. The molecule has 2 fully saturated rings. The maximum absolute atomic E-state index is 12.6. The first kappa shape index (κ1) is 13.5. The first-order chi connectivity index (χ1) is 10.6. The van der Waals surface area contributed by atoms with Crippen molar-refractivity contribution in [2.45, 2.75) is 38.1 Å². The quantitative estimate of drug-likeness (QED) is 0.869. The van der Waals surface area contributed by atoms with E-state index in [9.17, 15) is 4.79 Å². The van der Waals surface area contributed by atoms with E-state index in [2.05, 4.69) is 21.5 Å². The topological polar surface area (TPSA) is 56.0 Å². The minimum absolute atomic E-state index is 0.0285. The molecule has 2 aromatic heterocycles. The lowest BCUT2D eigenvalue weighted by molar-refractivity contribution is 0.0772. The van der Waals surface area contributed by atoms with Crippen LogP contribution in [0.5, 0.6) is 0 Å². The number of hydrogen-bond acceptors (Lipinski definition) is 3. The number of imidazole rings is 2. The minimum atomic E-state index is 0.0285. The number of aromatic nitrogens is 4. The van der Waals surface area contributed by atoms with Gasteiger partial charge in [-0.05, 0) is 26.2 Å². The molecule has 0 spiro atoms. The van der Waals surface area contributed by atoms with Gasteiger partial charge in [0, 0.05) is 50.3 Å². The Morgan fingerprint density at radius 1 is 1.27 bits per heavy atom. The molecular formula is C16H21N5O. The lowest BCUT2D eigenvalue weighted by Gasteiger charge is -2.19. The zero-order valence-electron chi connectivity index (χ0n) is 13.1. The summed E-state index contributed by atoms with van der Waals surface area (Å²) in [5.41, 5.74) is 1.21. The van der Waals surface area contributed by atoms with E-state index >= 15 is 0 Å². The lowest BCUT2D eigenvalue weighted by Crippen LogP contribution is -2.31. The smallest absolute Gasteiger partial charge is 0.289 e. The van der Waals surface area contributed by atoms with Crippen molar-refractivity contribution in [3.8, 4) is 0 Å². The van der Waals surface area contributed by atoms with Crippen LogP contribution in [0, 0.1) is 6.92 Å². The van der Waals surface area contributed by atoms with Crippen molar-refractivity contribution in [3.63, 3.8) is 0 Å². The van der Waals surface area contributed by atoms with Gasteiger partial charge in [0.05, 0.1) is 6.04 Å². The number of nitrogens with zero attached hydrogens (tertiary/aromatic N) is 5. The van der Waals surface area contributed by atoms with Crippen molar-refractivity contribution in [3.05, 3.63) is 35.9 Å². The van der Waals surface area contributed by atoms with Gasteiger partial charge in [-0.2, -0.15) is 0 Å². The van der Waals surface area contributed by atoms with Crippen LogP contribution in [-0.2, 0) is 7.05 Å². The van der Waals surface area contributed by atoms with Gasteiger partial charge in [0.1, 0.15) is 5.82 Å². The zero-order chi connectivity index (χ0) is 15.3. The fourth-order valence-corrected chi connectivity index (χ4v) is 3.43. The highest BCUT2D eigenvalue weighted by atomic mass is 16.2. The molecule has 1 atom stereocenters. The van der Waals surface area contributed by atoms with Crippen molar-refractivity contribution in [1.29, 1.82) is 0 Å². The second-order valence-corrected chi connectivity index (χ2v) is 6.46. The molecule has 2 aliphatic rings. The SMILES string of the molecule is Cc1cnc(C2CC2)n1C1CCN(C(=O)c2nccn2C)C1. The predicted molar refractivity (Wildman–Crippen MR) is 81.7 cm³/mol. The van der Waals surface area contributed by atoms with Crippen LogP contribution in [0.3, 0.4) is 0 Å². The fraction of sp³-hybridized carbons (Fsp3) is 0.562. The number of amides is 1. The van der Waals surface area contributed by atoms with E-state index in [1.807, 2.05) is 24.3 Å². The summed E-state index contributed by atoms with van der Waals surface area (Å²) in [7, 11) is 1.86. The van der Waals surface area contributed by atoms with E-state index in [0.29, 0.717) is 17.8 Å². The molecule has 1 unspecified atom stereocenters. The highest BCUT2D eigenvalue weighted by Gasteiger charge is 2.35. The second-order valence-electron chi connectivity index (χ2n) is 6.46. The Morgan fingerprint density at radius 2 is 2.09 bits per heavy atom. The van der Waals surface area contributed by atoms with Crippen molar-refractivity contribution in [1.82, 2.24) is 24.0 Å². The van der Waals surface area contributed by atoms with E-state index < -0.39 is 0 Å². The number of carbonyl (C=O) groups excluding carboxylic acids is 1. The fourth-order valence-electron chi connectivity index (χ4n) is 3.43. The van der Waals surface area contributed by atoms with Gasteiger partial charge in [-0.15, -0.1) is 0 Å². The Hall–Kier alpha value is -2.11. The lowest BCUT2D eigenvalue weighted by atomic mass is 10.2. The third-order valence-corrected chi connectivity index (χ3v) is 4.78. The van der Waals surface area contributed by atoms with Gasteiger partial charge in [-0.1, -0.05) is 0 Å². The van der Waals surface area contributed by atoms with Crippen LogP contribution in [0.2, 0.25) is 0 Å². The summed E-state index contributed by atoms with van der Waals surface area (Å²) >= 11 is 0. The number of aryl methyl sites for hydroxylation is 2. The van der Waals surface area contributed by atoms with Crippen LogP contribution in [0.1, 0.15) is 53.4 Å². The molecule has 0 aromatic carbocycles. The summed E-state index contributed by atoms with van der Waals surface area (Å²) < 4.78 is 4.15. The molecule has 4 rings (SSSR count). The van der Waals surface area contributed by atoms with Crippen molar-refractivity contribution < 1.29 is 4.79 Å². The molecule has 6 nitrogen and oxygen atoms in total. The highest BCUT2D eigenvalue weighted by Crippen LogP contribution is 2.41. The number of hydrogen-bond donors (Lipinski definition) is 0.